The molecule has 1 amide bonds. The van der Waals surface area contributed by atoms with Crippen molar-refractivity contribution in [3.05, 3.63) is 72.3 Å². The van der Waals surface area contributed by atoms with Crippen LogP contribution in [0.3, 0.4) is 0 Å². The molecular formula is C21H22N2O3S. The van der Waals surface area contributed by atoms with E-state index < -0.39 is 10.0 Å². The first-order valence-electron chi connectivity index (χ1n) is 8.86. The molecule has 0 fully saturated rings. The van der Waals surface area contributed by atoms with Gasteiger partial charge in [-0.05, 0) is 47.0 Å². The summed E-state index contributed by atoms with van der Waals surface area (Å²) in [6.07, 6.45) is 0.973. The van der Waals surface area contributed by atoms with Crippen LogP contribution in [-0.4, -0.2) is 20.9 Å². The van der Waals surface area contributed by atoms with Gasteiger partial charge in [0.2, 0.25) is 15.9 Å². The Labute approximate surface area is 159 Å². The lowest BCUT2D eigenvalue weighted by molar-refractivity contribution is -0.115. The Bertz CT molecular complexity index is 1040. The minimum atomic E-state index is -3.50. The molecule has 0 aliphatic heterocycles. The second kappa shape index (κ2) is 8.33. The Hall–Kier alpha value is -2.70. The van der Waals surface area contributed by atoms with Gasteiger partial charge in [0, 0.05) is 12.2 Å². The molecule has 0 radical (unpaired) electrons. The molecule has 0 aliphatic rings. The molecule has 0 atom stereocenters. The largest absolute Gasteiger partial charge is 0.326 e. The molecule has 0 unspecified atom stereocenters. The number of rotatable bonds is 7. The number of benzene rings is 3. The number of carbonyl (C=O) groups is 1. The number of anilines is 1. The molecule has 0 aromatic heterocycles. The number of fused-ring (bicyclic) bond motifs is 1. The molecule has 0 spiro atoms. The van der Waals surface area contributed by atoms with Crippen molar-refractivity contribution >= 4 is 32.4 Å². The van der Waals surface area contributed by atoms with Gasteiger partial charge in [0.1, 0.15) is 0 Å². The van der Waals surface area contributed by atoms with Crippen LogP contribution in [0.2, 0.25) is 0 Å². The monoisotopic (exact) mass is 382 g/mol. The molecule has 27 heavy (non-hydrogen) atoms. The summed E-state index contributed by atoms with van der Waals surface area (Å²) in [5, 5.41) is 4.97. The highest BCUT2D eigenvalue weighted by atomic mass is 32.2. The summed E-state index contributed by atoms with van der Waals surface area (Å²) in [5.74, 6) is -0.147. The number of nitrogens with one attached hydrogen (secondary N) is 2. The highest BCUT2D eigenvalue weighted by molar-refractivity contribution is 7.89. The van der Waals surface area contributed by atoms with Crippen molar-refractivity contribution in [2.75, 3.05) is 11.9 Å². The molecule has 0 bridgehead atoms. The van der Waals surface area contributed by atoms with Gasteiger partial charge in [-0.25, -0.2) is 13.1 Å². The molecule has 3 rings (SSSR count). The zero-order chi connectivity index (χ0) is 19.3. The topological polar surface area (TPSA) is 75.3 Å². The van der Waals surface area contributed by atoms with E-state index in [4.69, 9.17) is 0 Å². The van der Waals surface area contributed by atoms with E-state index >= 15 is 0 Å². The summed E-state index contributed by atoms with van der Waals surface area (Å²) >= 11 is 0. The zero-order valence-corrected chi connectivity index (χ0v) is 15.9. The maximum absolute atomic E-state index is 12.4. The Balaban J connectivity index is 1.69. The molecule has 2 N–H and O–H groups in total. The van der Waals surface area contributed by atoms with Crippen molar-refractivity contribution in [1.29, 1.82) is 0 Å². The lowest BCUT2D eigenvalue weighted by Gasteiger charge is -2.09. The quantitative estimate of drug-likeness (QED) is 0.654. The molecule has 0 heterocycles. The molecule has 140 valence electrons. The van der Waals surface area contributed by atoms with Crippen LogP contribution in [0.15, 0.2) is 71.6 Å². The summed E-state index contributed by atoms with van der Waals surface area (Å²) in [6, 6.07) is 20.0. The van der Waals surface area contributed by atoms with Crippen LogP contribution >= 0.6 is 0 Å². The first kappa shape index (κ1) is 19.1. The molecule has 0 saturated carbocycles. The van der Waals surface area contributed by atoms with Crippen molar-refractivity contribution in [3.63, 3.8) is 0 Å². The van der Waals surface area contributed by atoms with Crippen molar-refractivity contribution in [2.45, 2.75) is 24.7 Å². The van der Waals surface area contributed by atoms with Gasteiger partial charge in [-0.15, -0.1) is 0 Å². The van der Waals surface area contributed by atoms with E-state index in [1.165, 1.54) is 12.1 Å². The Morgan fingerprint density at radius 2 is 1.63 bits per heavy atom. The van der Waals surface area contributed by atoms with E-state index in [0.717, 1.165) is 22.8 Å². The summed E-state index contributed by atoms with van der Waals surface area (Å²) in [7, 11) is -3.50. The van der Waals surface area contributed by atoms with Gasteiger partial charge in [0.05, 0.1) is 11.3 Å². The fraction of sp³-hybridized carbons (Fsp3) is 0.190. The first-order valence-corrected chi connectivity index (χ1v) is 10.3. The Kier molecular flexibility index (Phi) is 5.88. The number of hydrogen-bond acceptors (Lipinski definition) is 3. The molecule has 0 saturated heterocycles. The van der Waals surface area contributed by atoms with Crippen LogP contribution in [0.25, 0.3) is 10.8 Å². The third-order valence-corrected chi connectivity index (χ3v) is 5.70. The SMILES string of the molecule is CCCNS(=O)(=O)c1ccc(NC(=O)Cc2cccc3ccccc23)cc1. The number of amides is 1. The third-order valence-electron chi connectivity index (χ3n) is 4.22. The predicted octanol–water partition coefficient (Wildman–Crippen LogP) is 3.71. The molecule has 0 aliphatic carbocycles. The second-order valence-electron chi connectivity index (χ2n) is 6.29. The first-order chi connectivity index (χ1) is 13.0. The van der Waals surface area contributed by atoms with E-state index in [-0.39, 0.29) is 17.2 Å². The Morgan fingerprint density at radius 3 is 2.37 bits per heavy atom. The fourth-order valence-electron chi connectivity index (χ4n) is 2.86. The van der Waals surface area contributed by atoms with Gasteiger partial charge in [0.15, 0.2) is 0 Å². The van der Waals surface area contributed by atoms with Crippen molar-refractivity contribution in [3.8, 4) is 0 Å². The maximum Gasteiger partial charge on any atom is 0.240 e. The molecule has 3 aromatic carbocycles. The number of carbonyl (C=O) groups excluding carboxylic acids is 1. The van der Waals surface area contributed by atoms with E-state index in [0.29, 0.717) is 12.2 Å². The van der Waals surface area contributed by atoms with Crippen LogP contribution in [0.5, 0.6) is 0 Å². The Morgan fingerprint density at radius 1 is 0.926 bits per heavy atom. The minimum Gasteiger partial charge on any atom is -0.326 e. The summed E-state index contributed by atoms with van der Waals surface area (Å²) in [6.45, 7) is 2.29. The molecule has 6 heteroatoms. The van der Waals surface area contributed by atoms with Crippen molar-refractivity contribution in [1.82, 2.24) is 4.72 Å². The summed E-state index contributed by atoms with van der Waals surface area (Å²) < 4.78 is 26.7. The maximum atomic E-state index is 12.4. The van der Waals surface area contributed by atoms with Gasteiger partial charge in [0.25, 0.3) is 0 Å². The molecule has 5 nitrogen and oxygen atoms in total. The van der Waals surface area contributed by atoms with E-state index in [9.17, 15) is 13.2 Å². The highest BCUT2D eigenvalue weighted by Gasteiger charge is 2.13. The van der Waals surface area contributed by atoms with E-state index in [1.54, 1.807) is 12.1 Å². The van der Waals surface area contributed by atoms with Crippen LogP contribution in [0.4, 0.5) is 5.69 Å². The van der Waals surface area contributed by atoms with E-state index in [1.807, 2.05) is 49.4 Å². The third kappa shape index (κ3) is 4.72. The molecular weight excluding hydrogens is 360 g/mol. The van der Waals surface area contributed by atoms with Gasteiger partial charge in [-0.3, -0.25) is 4.79 Å². The lowest BCUT2D eigenvalue weighted by atomic mass is 10.0. The average molecular weight is 382 g/mol. The lowest BCUT2D eigenvalue weighted by Crippen LogP contribution is -2.24. The predicted molar refractivity (Wildman–Crippen MR) is 108 cm³/mol. The van der Waals surface area contributed by atoms with Crippen LogP contribution in [-0.2, 0) is 21.2 Å². The zero-order valence-electron chi connectivity index (χ0n) is 15.1. The van der Waals surface area contributed by atoms with Crippen molar-refractivity contribution < 1.29 is 13.2 Å². The number of hydrogen-bond donors (Lipinski definition) is 2. The smallest absolute Gasteiger partial charge is 0.240 e. The fourth-order valence-corrected chi connectivity index (χ4v) is 4.00. The van der Waals surface area contributed by atoms with Crippen LogP contribution in [0.1, 0.15) is 18.9 Å². The summed E-state index contributed by atoms with van der Waals surface area (Å²) in [5.41, 5.74) is 1.52. The van der Waals surface area contributed by atoms with Gasteiger partial charge in [-0.2, -0.15) is 0 Å². The van der Waals surface area contributed by atoms with E-state index in [2.05, 4.69) is 10.0 Å². The highest BCUT2D eigenvalue weighted by Crippen LogP contribution is 2.20. The van der Waals surface area contributed by atoms with Gasteiger partial charge in [-0.1, -0.05) is 49.4 Å². The second-order valence-corrected chi connectivity index (χ2v) is 8.05. The standard InChI is InChI=1S/C21H22N2O3S/c1-2-14-22-27(25,26)19-12-10-18(11-13-19)23-21(24)15-17-8-5-7-16-6-3-4-9-20(16)17/h3-13,22H,2,14-15H2,1H3,(H,23,24). The summed E-state index contributed by atoms with van der Waals surface area (Å²) in [4.78, 5) is 12.6. The average Bonchev–Trinajstić information content (AvgIpc) is 2.67. The van der Waals surface area contributed by atoms with Crippen molar-refractivity contribution in [2.24, 2.45) is 0 Å². The van der Waals surface area contributed by atoms with Crippen LogP contribution in [0, 0.1) is 0 Å². The minimum absolute atomic E-state index is 0.147. The number of sulfonamides is 1. The van der Waals surface area contributed by atoms with Crippen LogP contribution < -0.4 is 10.0 Å². The normalized spacial score (nSPS) is 11.4. The van der Waals surface area contributed by atoms with Gasteiger partial charge >= 0.3 is 0 Å². The molecule has 3 aromatic rings. The van der Waals surface area contributed by atoms with Gasteiger partial charge < -0.3 is 5.32 Å².